The van der Waals surface area contributed by atoms with Gasteiger partial charge in [0.25, 0.3) is 0 Å². The van der Waals surface area contributed by atoms with Crippen molar-refractivity contribution in [1.29, 1.82) is 0 Å². The van der Waals surface area contributed by atoms with Crippen LogP contribution >= 0.6 is 11.8 Å². The van der Waals surface area contributed by atoms with Crippen molar-refractivity contribution in [1.82, 2.24) is 9.38 Å². The summed E-state index contributed by atoms with van der Waals surface area (Å²) in [6.07, 6.45) is 1.99. The van der Waals surface area contributed by atoms with Crippen LogP contribution in [0.5, 0.6) is 5.75 Å². The number of hydrogen-bond donors (Lipinski definition) is 0. The Morgan fingerprint density at radius 2 is 2.08 bits per heavy atom. The number of methoxy groups -OCH3 is 1. The van der Waals surface area contributed by atoms with E-state index in [9.17, 15) is 0 Å². The third kappa shape index (κ3) is 3.00. The van der Waals surface area contributed by atoms with Gasteiger partial charge in [0, 0.05) is 17.8 Å². The van der Waals surface area contributed by atoms with Crippen molar-refractivity contribution in [3.05, 3.63) is 48.7 Å². The molecule has 1 fully saturated rings. The lowest BCUT2D eigenvalue weighted by Crippen LogP contribution is -2.25. The van der Waals surface area contributed by atoms with E-state index >= 15 is 0 Å². The van der Waals surface area contributed by atoms with E-state index in [1.54, 1.807) is 18.9 Å². The van der Waals surface area contributed by atoms with E-state index in [0.717, 1.165) is 27.7 Å². The Morgan fingerprint density at radius 1 is 1.21 bits per heavy atom. The van der Waals surface area contributed by atoms with Crippen molar-refractivity contribution < 1.29 is 14.2 Å². The predicted octanol–water partition coefficient (Wildman–Crippen LogP) is 3.47. The maximum Gasteiger partial charge on any atom is 0.142 e. The van der Waals surface area contributed by atoms with Gasteiger partial charge >= 0.3 is 0 Å². The van der Waals surface area contributed by atoms with Crippen LogP contribution in [0, 0.1) is 0 Å². The summed E-state index contributed by atoms with van der Waals surface area (Å²) in [6.45, 7) is 1.87. The lowest BCUT2D eigenvalue weighted by molar-refractivity contribution is -0.0498. The van der Waals surface area contributed by atoms with Gasteiger partial charge in [0.15, 0.2) is 0 Å². The monoisotopic (exact) mass is 342 g/mol. The molecule has 0 saturated carbocycles. The van der Waals surface area contributed by atoms with Crippen LogP contribution in [-0.2, 0) is 9.47 Å². The fraction of sp³-hybridized carbons (Fsp3) is 0.278. The van der Waals surface area contributed by atoms with Gasteiger partial charge < -0.3 is 14.2 Å². The van der Waals surface area contributed by atoms with Crippen LogP contribution in [0.1, 0.15) is 0 Å². The van der Waals surface area contributed by atoms with E-state index in [-0.39, 0.29) is 5.44 Å². The summed E-state index contributed by atoms with van der Waals surface area (Å²) in [5.41, 5.74) is 2.86. The molecule has 0 bridgehead atoms. The number of fused-ring (bicyclic) bond motifs is 1. The molecular weight excluding hydrogens is 324 g/mol. The second kappa shape index (κ2) is 6.84. The molecule has 3 aromatic rings. The molecule has 0 radical (unpaired) electrons. The van der Waals surface area contributed by atoms with Gasteiger partial charge in [-0.3, -0.25) is 4.40 Å². The number of aromatic nitrogens is 2. The Balaban J connectivity index is 1.81. The average molecular weight is 342 g/mol. The van der Waals surface area contributed by atoms with Crippen LogP contribution in [0.15, 0.2) is 53.7 Å². The molecule has 0 spiro atoms. The molecule has 1 aliphatic rings. The summed E-state index contributed by atoms with van der Waals surface area (Å²) in [6, 6.07) is 14.1. The molecule has 1 aromatic carbocycles. The first-order valence-electron chi connectivity index (χ1n) is 7.82. The third-order valence-corrected chi connectivity index (χ3v) is 5.01. The number of thioether (sulfide) groups is 1. The highest BCUT2D eigenvalue weighted by molar-refractivity contribution is 7.99. The quantitative estimate of drug-likeness (QED) is 0.726. The molecule has 24 heavy (non-hydrogen) atoms. The minimum atomic E-state index is -0.0248. The van der Waals surface area contributed by atoms with Crippen molar-refractivity contribution in [2.24, 2.45) is 0 Å². The van der Waals surface area contributed by atoms with Gasteiger partial charge in [0.1, 0.15) is 27.6 Å². The zero-order valence-corrected chi connectivity index (χ0v) is 14.2. The van der Waals surface area contributed by atoms with E-state index in [1.165, 1.54) is 0 Å². The van der Waals surface area contributed by atoms with Gasteiger partial charge in [-0.05, 0) is 6.07 Å². The second-order valence-electron chi connectivity index (χ2n) is 5.42. The van der Waals surface area contributed by atoms with E-state index < -0.39 is 0 Å². The van der Waals surface area contributed by atoms with Crippen LogP contribution < -0.4 is 4.74 Å². The molecule has 1 atom stereocenters. The van der Waals surface area contributed by atoms with Gasteiger partial charge in [0.2, 0.25) is 0 Å². The summed E-state index contributed by atoms with van der Waals surface area (Å²) >= 11 is 1.65. The van der Waals surface area contributed by atoms with Gasteiger partial charge in [-0.25, -0.2) is 4.98 Å². The molecule has 5 nitrogen and oxygen atoms in total. The summed E-state index contributed by atoms with van der Waals surface area (Å²) in [5, 5.41) is 1.05. The topological polar surface area (TPSA) is 45.0 Å². The van der Waals surface area contributed by atoms with Crippen molar-refractivity contribution in [2.45, 2.75) is 10.5 Å². The molecule has 6 heteroatoms. The molecular formula is C18H18N2O3S. The highest BCUT2D eigenvalue weighted by atomic mass is 32.2. The number of rotatable bonds is 4. The molecule has 1 saturated heterocycles. The number of nitrogens with zero attached hydrogens (tertiary/aromatic N) is 2. The third-order valence-electron chi connectivity index (χ3n) is 3.87. The zero-order valence-electron chi connectivity index (χ0n) is 13.3. The Kier molecular flexibility index (Phi) is 4.42. The molecule has 1 unspecified atom stereocenters. The van der Waals surface area contributed by atoms with Gasteiger partial charge in [-0.1, -0.05) is 42.1 Å². The number of ether oxygens (including phenoxy) is 3. The molecule has 124 valence electrons. The smallest absolute Gasteiger partial charge is 0.142 e. The maximum absolute atomic E-state index is 5.81. The summed E-state index contributed by atoms with van der Waals surface area (Å²) in [5.74, 6) is 0.793. The van der Waals surface area contributed by atoms with Crippen molar-refractivity contribution in [3.63, 3.8) is 0 Å². The summed E-state index contributed by atoms with van der Waals surface area (Å²) in [7, 11) is 1.66. The second-order valence-corrected chi connectivity index (χ2v) is 6.57. The van der Waals surface area contributed by atoms with Crippen LogP contribution in [0.3, 0.4) is 0 Å². The van der Waals surface area contributed by atoms with Gasteiger partial charge in [0.05, 0.1) is 26.9 Å². The Labute approximate surface area is 144 Å². The van der Waals surface area contributed by atoms with E-state index in [1.807, 2.05) is 36.5 Å². The fourth-order valence-corrected chi connectivity index (χ4v) is 3.81. The summed E-state index contributed by atoms with van der Waals surface area (Å²) in [4.78, 5) is 4.82. The maximum atomic E-state index is 5.81. The SMILES string of the molecule is COc1ccn2c(SC3COCCO3)c(-c3ccccc3)nc2c1. The molecule has 0 N–H and O–H groups in total. The number of benzene rings is 1. The van der Waals surface area contributed by atoms with Gasteiger partial charge in [-0.15, -0.1) is 0 Å². The molecule has 0 amide bonds. The van der Waals surface area contributed by atoms with Gasteiger partial charge in [-0.2, -0.15) is 0 Å². The van der Waals surface area contributed by atoms with Crippen LogP contribution in [0.2, 0.25) is 0 Å². The fourth-order valence-electron chi connectivity index (χ4n) is 2.69. The first-order valence-corrected chi connectivity index (χ1v) is 8.70. The average Bonchev–Trinajstić information content (AvgIpc) is 3.01. The lowest BCUT2D eigenvalue weighted by Gasteiger charge is -2.22. The molecule has 2 aromatic heterocycles. The normalized spacial score (nSPS) is 18.0. The predicted molar refractivity (Wildman–Crippen MR) is 93.6 cm³/mol. The molecule has 4 rings (SSSR count). The van der Waals surface area contributed by atoms with Crippen LogP contribution in [-0.4, -0.2) is 41.8 Å². The van der Waals surface area contributed by atoms with E-state index in [4.69, 9.17) is 19.2 Å². The lowest BCUT2D eigenvalue weighted by atomic mass is 10.2. The minimum absolute atomic E-state index is 0.0248. The standard InChI is InChI=1S/C18H18N2O3S/c1-21-14-7-8-20-15(11-14)19-17(13-5-3-2-4-6-13)18(20)24-16-12-22-9-10-23-16/h2-8,11,16H,9-10,12H2,1H3. The van der Waals surface area contributed by atoms with Crippen LogP contribution in [0.4, 0.5) is 0 Å². The van der Waals surface area contributed by atoms with E-state index in [2.05, 4.69) is 16.5 Å². The highest BCUT2D eigenvalue weighted by Crippen LogP contribution is 2.36. The molecule has 0 aliphatic carbocycles. The number of imidazole rings is 1. The first-order chi connectivity index (χ1) is 11.8. The van der Waals surface area contributed by atoms with E-state index in [0.29, 0.717) is 19.8 Å². The summed E-state index contributed by atoms with van der Waals surface area (Å²) < 4.78 is 18.7. The molecule has 3 heterocycles. The Hall–Kier alpha value is -2.02. The largest absolute Gasteiger partial charge is 0.497 e. The Bertz CT molecular complexity index is 829. The van der Waals surface area contributed by atoms with Crippen molar-refractivity contribution >= 4 is 17.4 Å². The molecule has 1 aliphatic heterocycles. The first kappa shape index (κ1) is 15.5. The van der Waals surface area contributed by atoms with Crippen molar-refractivity contribution in [3.8, 4) is 17.0 Å². The Morgan fingerprint density at radius 3 is 2.83 bits per heavy atom. The van der Waals surface area contributed by atoms with Crippen molar-refractivity contribution in [2.75, 3.05) is 26.9 Å². The van der Waals surface area contributed by atoms with Crippen LogP contribution in [0.25, 0.3) is 16.9 Å². The zero-order chi connectivity index (χ0) is 16.4. The highest BCUT2D eigenvalue weighted by Gasteiger charge is 2.22. The number of pyridine rings is 1. The minimum Gasteiger partial charge on any atom is -0.497 e. The number of hydrogen-bond acceptors (Lipinski definition) is 5.